The molecule has 202 valence electrons. The van der Waals surface area contributed by atoms with Crippen LogP contribution < -0.4 is 0 Å². The number of pyridine rings is 1. The second-order valence-electron chi connectivity index (χ2n) is 9.05. The SMILES string of the molecule is CCN1C(=O)[C@H]2CN(CCOC)C[C@H]2C12CCN(S(=O)(=O)c1cccnc1)CC2.O=C(O)C(F)(F)F. The summed E-state index contributed by atoms with van der Waals surface area (Å²) >= 11 is 0. The van der Waals surface area contributed by atoms with Gasteiger partial charge in [-0.1, -0.05) is 0 Å². The lowest BCUT2D eigenvalue weighted by Gasteiger charge is -2.47. The number of rotatable bonds is 6. The molecule has 1 amide bonds. The van der Waals surface area contributed by atoms with Crippen LogP contribution in [0.15, 0.2) is 29.4 Å². The summed E-state index contributed by atoms with van der Waals surface area (Å²) < 4.78 is 64.5. The Bertz CT molecular complexity index is 1030. The summed E-state index contributed by atoms with van der Waals surface area (Å²) in [5, 5.41) is 7.12. The first-order valence-electron chi connectivity index (χ1n) is 11.6. The molecule has 0 aliphatic carbocycles. The van der Waals surface area contributed by atoms with Gasteiger partial charge in [-0.25, -0.2) is 13.2 Å². The molecule has 0 bridgehead atoms. The summed E-state index contributed by atoms with van der Waals surface area (Å²) in [6.07, 6.45) is -0.738. The maximum Gasteiger partial charge on any atom is 0.490 e. The average molecular weight is 537 g/mol. The molecular formula is C22H31F3N4O6S. The van der Waals surface area contributed by atoms with Gasteiger partial charge in [0.25, 0.3) is 0 Å². The molecule has 1 aromatic rings. The van der Waals surface area contributed by atoms with E-state index in [0.29, 0.717) is 39.1 Å². The number of amides is 1. The highest BCUT2D eigenvalue weighted by Gasteiger charge is 2.61. The van der Waals surface area contributed by atoms with Gasteiger partial charge in [0.1, 0.15) is 4.90 Å². The monoisotopic (exact) mass is 536 g/mol. The molecule has 0 saturated carbocycles. The van der Waals surface area contributed by atoms with E-state index in [-0.39, 0.29) is 28.2 Å². The van der Waals surface area contributed by atoms with Crippen molar-refractivity contribution in [2.75, 3.05) is 53.0 Å². The standard InChI is InChI=1S/C20H30N4O4S.C2HF3O2/c1-3-24-19(25)17-14-22(11-12-28-2)15-18(17)20(24)6-9-23(10-7-20)29(26,27)16-5-4-8-21-13-16;3-2(4,5)1(6)7/h4-5,8,13,17-18H,3,6-7,9-12,14-15H2,1-2H3;(H,6,7)/t17-,18+;/m0./s1. The Morgan fingerprint density at radius 1 is 1.28 bits per heavy atom. The zero-order chi connectivity index (χ0) is 26.7. The van der Waals surface area contributed by atoms with Crippen LogP contribution in [-0.2, 0) is 24.3 Å². The second-order valence-corrected chi connectivity index (χ2v) is 11.0. The Labute approximate surface area is 208 Å². The van der Waals surface area contributed by atoms with E-state index in [4.69, 9.17) is 14.6 Å². The van der Waals surface area contributed by atoms with Crippen molar-refractivity contribution in [3.8, 4) is 0 Å². The molecular weight excluding hydrogens is 505 g/mol. The van der Waals surface area contributed by atoms with Gasteiger partial charge in [-0.3, -0.25) is 14.7 Å². The molecule has 0 aromatic carbocycles. The highest BCUT2D eigenvalue weighted by molar-refractivity contribution is 7.89. The third kappa shape index (κ3) is 5.50. The van der Waals surface area contributed by atoms with Gasteiger partial charge in [0.2, 0.25) is 15.9 Å². The number of alkyl halides is 3. The van der Waals surface area contributed by atoms with Crippen LogP contribution >= 0.6 is 0 Å². The Morgan fingerprint density at radius 2 is 1.92 bits per heavy atom. The van der Waals surface area contributed by atoms with Crippen molar-refractivity contribution < 1.29 is 41.0 Å². The molecule has 3 aliphatic heterocycles. The zero-order valence-electron chi connectivity index (χ0n) is 20.1. The van der Waals surface area contributed by atoms with E-state index < -0.39 is 22.2 Å². The van der Waals surface area contributed by atoms with Crippen LogP contribution in [0, 0.1) is 11.8 Å². The summed E-state index contributed by atoms with van der Waals surface area (Å²) in [6.45, 7) is 6.73. The Kier molecular flexibility index (Phi) is 8.63. The van der Waals surface area contributed by atoms with E-state index >= 15 is 0 Å². The van der Waals surface area contributed by atoms with Crippen LogP contribution in [0.3, 0.4) is 0 Å². The van der Waals surface area contributed by atoms with Crippen LogP contribution in [0.4, 0.5) is 13.2 Å². The molecule has 3 aliphatic rings. The van der Waals surface area contributed by atoms with Crippen molar-refractivity contribution in [2.45, 2.75) is 36.4 Å². The van der Waals surface area contributed by atoms with Gasteiger partial charge in [0.15, 0.2) is 0 Å². The molecule has 2 atom stereocenters. The normalized spacial score (nSPS) is 24.5. The largest absolute Gasteiger partial charge is 0.490 e. The number of carboxylic acids is 1. The zero-order valence-corrected chi connectivity index (χ0v) is 21.0. The van der Waals surface area contributed by atoms with Gasteiger partial charge in [-0.05, 0) is 31.9 Å². The molecule has 1 aromatic heterocycles. The third-order valence-electron chi connectivity index (χ3n) is 7.24. The number of aromatic nitrogens is 1. The molecule has 3 fully saturated rings. The summed E-state index contributed by atoms with van der Waals surface area (Å²) in [5.41, 5.74) is -0.237. The lowest BCUT2D eigenvalue weighted by atomic mass is 9.75. The third-order valence-corrected chi connectivity index (χ3v) is 9.12. The molecule has 3 saturated heterocycles. The number of likely N-dealkylation sites (tertiary alicyclic amines) is 2. The summed E-state index contributed by atoms with van der Waals surface area (Å²) in [4.78, 5) is 30.6. The molecule has 14 heteroatoms. The van der Waals surface area contributed by atoms with E-state index in [0.717, 1.165) is 19.6 Å². The lowest BCUT2D eigenvalue weighted by Crippen LogP contribution is -2.57. The van der Waals surface area contributed by atoms with Crippen LogP contribution in [0.1, 0.15) is 19.8 Å². The summed E-state index contributed by atoms with van der Waals surface area (Å²) in [5.74, 6) is -2.24. The Hall–Kier alpha value is -2.29. The predicted octanol–water partition coefficient (Wildman–Crippen LogP) is 1.29. The van der Waals surface area contributed by atoms with Crippen molar-refractivity contribution in [3.05, 3.63) is 24.5 Å². The lowest BCUT2D eigenvalue weighted by molar-refractivity contribution is -0.192. The average Bonchev–Trinajstić information content (AvgIpc) is 3.36. The van der Waals surface area contributed by atoms with Gasteiger partial charge in [-0.15, -0.1) is 0 Å². The molecule has 10 nitrogen and oxygen atoms in total. The van der Waals surface area contributed by atoms with Crippen molar-refractivity contribution in [2.24, 2.45) is 11.8 Å². The minimum atomic E-state index is -5.08. The molecule has 0 radical (unpaired) electrons. The first kappa shape index (κ1) is 28.3. The first-order chi connectivity index (χ1) is 16.9. The maximum absolute atomic E-state index is 13.1. The van der Waals surface area contributed by atoms with E-state index in [1.165, 1.54) is 6.20 Å². The quantitative estimate of drug-likeness (QED) is 0.578. The maximum atomic E-state index is 13.1. The molecule has 1 N–H and O–H groups in total. The molecule has 1 spiro atoms. The van der Waals surface area contributed by atoms with Crippen LogP contribution in [-0.4, -0.2) is 109 Å². The smallest absolute Gasteiger partial charge is 0.475 e. The molecule has 0 unspecified atom stereocenters. The van der Waals surface area contributed by atoms with Gasteiger partial charge in [-0.2, -0.15) is 17.5 Å². The molecule has 4 rings (SSSR count). The summed E-state index contributed by atoms with van der Waals surface area (Å²) in [6, 6.07) is 3.23. The number of carboxylic acid groups (broad SMARTS) is 1. The van der Waals surface area contributed by atoms with Crippen LogP contribution in [0.5, 0.6) is 0 Å². The number of piperidine rings is 1. The molecule has 4 heterocycles. The number of halogens is 3. The Balaban J connectivity index is 0.000000454. The fourth-order valence-electron chi connectivity index (χ4n) is 5.58. The van der Waals surface area contributed by atoms with Crippen LogP contribution in [0.2, 0.25) is 0 Å². The number of carbonyl (C=O) groups excluding carboxylic acids is 1. The predicted molar refractivity (Wildman–Crippen MR) is 121 cm³/mol. The fraction of sp³-hybridized carbons (Fsp3) is 0.682. The van der Waals surface area contributed by atoms with Gasteiger partial charge in [0.05, 0.1) is 18.1 Å². The van der Waals surface area contributed by atoms with E-state index in [9.17, 15) is 26.4 Å². The van der Waals surface area contributed by atoms with Gasteiger partial charge in [0, 0.05) is 64.7 Å². The topological polar surface area (TPSA) is 120 Å². The number of aliphatic carboxylic acids is 1. The van der Waals surface area contributed by atoms with Crippen molar-refractivity contribution >= 4 is 21.9 Å². The summed E-state index contributed by atoms with van der Waals surface area (Å²) in [7, 11) is -1.86. The van der Waals surface area contributed by atoms with Gasteiger partial charge >= 0.3 is 12.1 Å². The highest BCUT2D eigenvalue weighted by atomic mass is 32.2. The van der Waals surface area contributed by atoms with E-state index in [2.05, 4.69) is 9.88 Å². The fourth-order valence-corrected chi connectivity index (χ4v) is 6.98. The van der Waals surface area contributed by atoms with Crippen molar-refractivity contribution in [3.63, 3.8) is 0 Å². The van der Waals surface area contributed by atoms with Crippen molar-refractivity contribution in [1.82, 2.24) is 19.1 Å². The Morgan fingerprint density at radius 3 is 2.42 bits per heavy atom. The number of carbonyl (C=O) groups is 2. The number of ether oxygens (including phenoxy) is 1. The molecule has 36 heavy (non-hydrogen) atoms. The van der Waals surface area contributed by atoms with E-state index in [1.807, 2.05) is 11.8 Å². The van der Waals surface area contributed by atoms with Gasteiger partial charge < -0.3 is 14.7 Å². The minimum Gasteiger partial charge on any atom is -0.475 e. The van der Waals surface area contributed by atoms with Crippen molar-refractivity contribution in [1.29, 1.82) is 0 Å². The number of hydrogen-bond acceptors (Lipinski definition) is 7. The number of methoxy groups -OCH3 is 1. The van der Waals surface area contributed by atoms with Crippen LogP contribution in [0.25, 0.3) is 0 Å². The first-order valence-corrected chi connectivity index (χ1v) is 13.1. The second kappa shape index (κ2) is 11.0. The minimum absolute atomic E-state index is 0.0216. The number of nitrogens with zero attached hydrogens (tertiary/aromatic N) is 4. The number of fused-ring (bicyclic) bond motifs is 2. The number of hydrogen-bond donors (Lipinski definition) is 1. The number of sulfonamides is 1. The highest BCUT2D eigenvalue weighted by Crippen LogP contribution is 2.49. The van der Waals surface area contributed by atoms with E-state index in [1.54, 1.807) is 29.7 Å².